The molecular weight excluding hydrogens is 266 g/mol. The zero-order valence-corrected chi connectivity index (χ0v) is 12.7. The molecule has 0 saturated carbocycles. The Morgan fingerprint density at radius 3 is 2.57 bits per heavy atom. The Bertz CT molecular complexity index is 667. The highest BCUT2D eigenvalue weighted by molar-refractivity contribution is 5.96. The highest BCUT2D eigenvalue weighted by atomic mass is 16.3. The Kier molecular flexibility index (Phi) is 3.37. The summed E-state index contributed by atoms with van der Waals surface area (Å²) in [6.45, 7) is 5.71. The first-order valence-electron chi connectivity index (χ1n) is 7.26. The van der Waals surface area contributed by atoms with Gasteiger partial charge in [-0.05, 0) is 45.2 Å². The predicted molar refractivity (Wildman–Crippen MR) is 83.2 cm³/mol. The molecule has 2 N–H and O–H groups in total. The number of likely N-dealkylation sites (N-methyl/N-ethyl adjacent to an activating group) is 1. The van der Waals surface area contributed by atoms with E-state index in [2.05, 4.69) is 25.8 Å². The molecule has 1 saturated heterocycles. The zero-order valence-electron chi connectivity index (χ0n) is 12.7. The lowest BCUT2D eigenvalue weighted by Gasteiger charge is -2.42. The third kappa shape index (κ3) is 2.49. The molecule has 0 spiro atoms. The Morgan fingerprint density at radius 2 is 1.90 bits per heavy atom. The number of rotatable bonds is 1. The first-order valence-corrected chi connectivity index (χ1v) is 7.26. The molecule has 1 amide bonds. The lowest BCUT2D eigenvalue weighted by Crippen LogP contribution is -2.56. The average Bonchev–Trinajstić information content (AvgIpc) is 2.86. The van der Waals surface area contributed by atoms with E-state index in [9.17, 15) is 4.79 Å². The van der Waals surface area contributed by atoms with Crippen LogP contribution in [0.1, 0.15) is 24.4 Å². The molecule has 5 nitrogen and oxygen atoms in total. The first-order chi connectivity index (χ1) is 9.95. The van der Waals surface area contributed by atoms with E-state index in [4.69, 9.17) is 10.2 Å². The third-order valence-electron chi connectivity index (χ3n) is 4.40. The van der Waals surface area contributed by atoms with Crippen LogP contribution < -0.4 is 5.73 Å². The average molecular weight is 287 g/mol. The van der Waals surface area contributed by atoms with Crippen LogP contribution in [0.3, 0.4) is 0 Å². The maximum atomic E-state index is 12.6. The van der Waals surface area contributed by atoms with Crippen molar-refractivity contribution in [3.05, 3.63) is 30.0 Å². The van der Waals surface area contributed by atoms with E-state index in [-0.39, 0.29) is 5.91 Å². The smallest absolute Gasteiger partial charge is 0.289 e. The van der Waals surface area contributed by atoms with Gasteiger partial charge in [-0.3, -0.25) is 9.69 Å². The Hall–Kier alpha value is -2.01. The van der Waals surface area contributed by atoms with Gasteiger partial charge >= 0.3 is 0 Å². The number of piperazine rings is 1. The van der Waals surface area contributed by atoms with Crippen molar-refractivity contribution in [2.45, 2.75) is 25.9 Å². The Morgan fingerprint density at radius 1 is 1.24 bits per heavy atom. The predicted octanol–water partition coefficient (Wildman–Crippen LogP) is 2.18. The van der Waals surface area contributed by atoms with Crippen LogP contribution in [0.2, 0.25) is 0 Å². The highest BCUT2D eigenvalue weighted by Gasteiger charge is 2.31. The Balaban J connectivity index is 1.86. The summed E-state index contributed by atoms with van der Waals surface area (Å²) < 4.78 is 5.67. The molecule has 21 heavy (non-hydrogen) atoms. The molecule has 2 heterocycles. The van der Waals surface area contributed by atoms with Crippen molar-refractivity contribution in [2.75, 3.05) is 25.9 Å². The molecule has 0 aliphatic carbocycles. The summed E-state index contributed by atoms with van der Waals surface area (Å²) in [5, 5.41) is 0.869. The number of nitrogens with two attached hydrogens (primary N) is 1. The van der Waals surface area contributed by atoms with Gasteiger partial charge in [-0.15, -0.1) is 0 Å². The number of fused-ring (bicyclic) bond motifs is 1. The van der Waals surface area contributed by atoms with Crippen molar-refractivity contribution in [3.63, 3.8) is 0 Å². The van der Waals surface area contributed by atoms with Gasteiger partial charge in [-0.2, -0.15) is 0 Å². The molecular formula is C16H21N3O2. The van der Waals surface area contributed by atoms with Crippen LogP contribution in [0.5, 0.6) is 0 Å². The second-order valence-corrected chi connectivity index (χ2v) is 5.98. The van der Waals surface area contributed by atoms with Gasteiger partial charge in [0.25, 0.3) is 5.91 Å². The molecule has 1 aliphatic heterocycles. The summed E-state index contributed by atoms with van der Waals surface area (Å²) in [5.41, 5.74) is 7.13. The summed E-state index contributed by atoms with van der Waals surface area (Å²) in [5.74, 6) is 0.344. The number of carbonyl (C=O) groups excluding carboxylic acids is 1. The number of hydrogen-bond acceptors (Lipinski definition) is 4. The van der Waals surface area contributed by atoms with Gasteiger partial charge in [0.2, 0.25) is 0 Å². The summed E-state index contributed by atoms with van der Waals surface area (Å²) in [7, 11) is 2.10. The molecule has 5 heteroatoms. The number of nitrogens with zero attached hydrogens (tertiary/aromatic N) is 2. The SMILES string of the molecule is CC1CN(C(=O)c2cc3cc(N)ccc3o2)CC(C)N1C. The topological polar surface area (TPSA) is 62.7 Å². The standard InChI is InChI=1S/C16H21N3O2/c1-10-8-19(9-11(2)18(10)3)16(20)15-7-12-6-13(17)4-5-14(12)21-15/h4-7,10-11H,8-9,17H2,1-3H3. The molecule has 1 aromatic carbocycles. The normalized spacial score (nSPS) is 23.7. The largest absolute Gasteiger partial charge is 0.451 e. The quantitative estimate of drug-likeness (QED) is 0.817. The van der Waals surface area contributed by atoms with E-state index >= 15 is 0 Å². The van der Waals surface area contributed by atoms with Crippen molar-refractivity contribution < 1.29 is 9.21 Å². The van der Waals surface area contributed by atoms with Gasteiger partial charge in [-0.1, -0.05) is 0 Å². The third-order valence-corrected chi connectivity index (χ3v) is 4.40. The van der Waals surface area contributed by atoms with Gasteiger partial charge in [0, 0.05) is 36.2 Å². The van der Waals surface area contributed by atoms with Crippen molar-refractivity contribution >= 4 is 22.6 Å². The molecule has 1 aromatic heterocycles. The van der Waals surface area contributed by atoms with E-state index in [0.717, 1.165) is 18.5 Å². The van der Waals surface area contributed by atoms with Crippen LogP contribution in [0.4, 0.5) is 5.69 Å². The summed E-state index contributed by atoms with van der Waals surface area (Å²) in [4.78, 5) is 16.8. The second-order valence-electron chi connectivity index (χ2n) is 5.98. The molecule has 0 bridgehead atoms. The fourth-order valence-electron chi connectivity index (χ4n) is 2.89. The monoisotopic (exact) mass is 287 g/mol. The van der Waals surface area contributed by atoms with Crippen molar-refractivity contribution in [3.8, 4) is 0 Å². The van der Waals surface area contributed by atoms with Crippen LogP contribution in [0.25, 0.3) is 11.0 Å². The molecule has 3 rings (SSSR count). The van der Waals surface area contributed by atoms with Crippen LogP contribution in [0.15, 0.2) is 28.7 Å². The molecule has 1 aliphatic rings. The van der Waals surface area contributed by atoms with Crippen molar-refractivity contribution in [1.29, 1.82) is 0 Å². The van der Waals surface area contributed by atoms with E-state index in [0.29, 0.717) is 29.1 Å². The lowest BCUT2D eigenvalue weighted by molar-refractivity contribution is 0.0391. The minimum atomic E-state index is -0.0448. The van der Waals surface area contributed by atoms with Crippen LogP contribution in [0, 0.1) is 0 Å². The maximum absolute atomic E-state index is 12.6. The minimum Gasteiger partial charge on any atom is -0.451 e. The van der Waals surface area contributed by atoms with Gasteiger partial charge in [0.05, 0.1) is 0 Å². The van der Waals surface area contributed by atoms with E-state index in [1.165, 1.54) is 0 Å². The van der Waals surface area contributed by atoms with Crippen LogP contribution in [-0.4, -0.2) is 47.9 Å². The van der Waals surface area contributed by atoms with Gasteiger partial charge in [-0.25, -0.2) is 0 Å². The minimum absolute atomic E-state index is 0.0448. The number of furan rings is 1. The number of amides is 1. The molecule has 2 aromatic rings. The molecule has 2 atom stereocenters. The highest BCUT2D eigenvalue weighted by Crippen LogP contribution is 2.24. The summed E-state index contributed by atoms with van der Waals surface area (Å²) >= 11 is 0. The van der Waals surface area contributed by atoms with Gasteiger partial charge in [0.1, 0.15) is 5.58 Å². The summed E-state index contributed by atoms with van der Waals surface area (Å²) in [6, 6.07) is 7.87. The number of anilines is 1. The fraction of sp³-hybridized carbons (Fsp3) is 0.438. The molecule has 2 unspecified atom stereocenters. The number of carbonyl (C=O) groups is 1. The van der Waals surface area contributed by atoms with E-state index in [1.54, 1.807) is 18.2 Å². The number of nitrogen functional groups attached to an aromatic ring is 1. The van der Waals surface area contributed by atoms with Crippen LogP contribution in [-0.2, 0) is 0 Å². The molecule has 112 valence electrons. The summed E-state index contributed by atoms with van der Waals surface area (Å²) in [6.07, 6.45) is 0. The number of hydrogen-bond donors (Lipinski definition) is 1. The lowest BCUT2D eigenvalue weighted by atomic mass is 10.1. The van der Waals surface area contributed by atoms with Gasteiger partial charge in [0.15, 0.2) is 5.76 Å². The molecule has 1 fully saturated rings. The zero-order chi connectivity index (χ0) is 15.1. The maximum Gasteiger partial charge on any atom is 0.289 e. The second kappa shape index (κ2) is 5.07. The van der Waals surface area contributed by atoms with Crippen molar-refractivity contribution in [1.82, 2.24) is 9.80 Å². The number of benzene rings is 1. The first kappa shape index (κ1) is 13.9. The van der Waals surface area contributed by atoms with Crippen molar-refractivity contribution in [2.24, 2.45) is 0 Å². The van der Waals surface area contributed by atoms with E-state index < -0.39 is 0 Å². The Labute approximate surface area is 124 Å². The molecule has 0 radical (unpaired) electrons. The van der Waals surface area contributed by atoms with Crippen LogP contribution >= 0.6 is 0 Å². The van der Waals surface area contributed by atoms with Gasteiger partial charge < -0.3 is 15.1 Å². The van der Waals surface area contributed by atoms with E-state index in [1.807, 2.05) is 11.0 Å². The fourth-order valence-corrected chi connectivity index (χ4v) is 2.89.